The summed E-state index contributed by atoms with van der Waals surface area (Å²) in [7, 11) is 0. The summed E-state index contributed by atoms with van der Waals surface area (Å²) in [5, 5.41) is 12.5. The van der Waals surface area contributed by atoms with E-state index in [2.05, 4.69) is 32.1 Å². The molecule has 0 radical (unpaired) electrons. The minimum absolute atomic E-state index is 0.546. The van der Waals surface area contributed by atoms with Crippen LogP contribution in [0.25, 0.3) is 11.5 Å². The monoisotopic (exact) mass is 411 g/mol. The number of nitrogens with zero attached hydrogens (tertiary/aromatic N) is 5. The Morgan fingerprint density at radius 1 is 1.00 bits per heavy atom. The van der Waals surface area contributed by atoms with Gasteiger partial charge in [-0.3, -0.25) is 9.80 Å². The molecule has 0 atom stereocenters. The van der Waals surface area contributed by atoms with Crippen LogP contribution < -0.4 is 4.74 Å². The molecule has 30 heavy (non-hydrogen) atoms. The maximum absolute atomic E-state index is 5.90. The highest BCUT2D eigenvalue weighted by Gasteiger charge is 2.20. The summed E-state index contributed by atoms with van der Waals surface area (Å²) in [5.74, 6) is 2.92. The van der Waals surface area contributed by atoms with E-state index >= 15 is 0 Å². The lowest BCUT2D eigenvalue weighted by atomic mass is 10.2. The van der Waals surface area contributed by atoms with E-state index in [0.717, 1.165) is 74.9 Å². The summed E-state index contributed by atoms with van der Waals surface area (Å²) in [6.45, 7) is 10.2. The zero-order valence-corrected chi connectivity index (χ0v) is 17.7. The number of unbranched alkanes of at least 4 members (excludes halogenated alkanes) is 1. The van der Waals surface area contributed by atoms with E-state index in [1.165, 1.54) is 0 Å². The summed E-state index contributed by atoms with van der Waals surface area (Å²) in [4.78, 5) is 4.73. The molecule has 4 rings (SSSR count). The van der Waals surface area contributed by atoms with Gasteiger partial charge >= 0.3 is 0 Å². The van der Waals surface area contributed by atoms with E-state index in [0.29, 0.717) is 18.3 Å². The molecule has 2 aromatic heterocycles. The molecule has 0 bridgehead atoms. The van der Waals surface area contributed by atoms with Gasteiger partial charge in [-0.2, -0.15) is 0 Å². The second kappa shape index (κ2) is 9.86. The smallest absolute Gasteiger partial charge is 0.247 e. The fourth-order valence-electron chi connectivity index (χ4n) is 3.48. The highest BCUT2D eigenvalue weighted by molar-refractivity contribution is 5.53. The molecule has 0 amide bonds. The van der Waals surface area contributed by atoms with Crippen molar-refractivity contribution in [3.8, 4) is 17.2 Å². The molecule has 160 valence electrons. The molecule has 1 aromatic carbocycles. The summed E-state index contributed by atoms with van der Waals surface area (Å²) >= 11 is 0. The van der Waals surface area contributed by atoms with Crippen molar-refractivity contribution in [3.63, 3.8) is 0 Å². The molecule has 0 aliphatic carbocycles. The number of piperazine rings is 1. The van der Waals surface area contributed by atoms with E-state index in [-0.39, 0.29) is 0 Å². The first kappa shape index (κ1) is 20.6. The molecule has 1 fully saturated rings. The number of aromatic nitrogens is 3. The zero-order valence-electron chi connectivity index (χ0n) is 17.7. The largest absolute Gasteiger partial charge is 0.494 e. The molecule has 3 heterocycles. The molecular formula is C22H29N5O3. The van der Waals surface area contributed by atoms with Crippen molar-refractivity contribution < 1.29 is 13.7 Å². The number of rotatable bonds is 9. The molecule has 0 saturated carbocycles. The van der Waals surface area contributed by atoms with Gasteiger partial charge in [0, 0.05) is 44.4 Å². The molecule has 3 aromatic rings. The Kier molecular flexibility index (Phi) is 6.76. The second-order valence-corrected chi connectivity index (χ2v) is 7.71. The predicted octanol–water partition coefficient (Wildman–Crippen LogP) is 3.53. The molecule has 8 heteroatoms. The lowest BCUT2D eigenvalue weighted by Gasteiger charge is -2.33. The second-order valence-electron chi connectivity index (χ2n) is 7.71. The first-order chi connectivity index (χ1) is 14.7. The van der Waals surface area contributed by atoms with E-state index in [9.17, 15) is 0 Å². The summed E-state index contributed by atoms with van der Waals surface area (Å²) < 4.78 is 16.8. The quantitative estimate of drug-likeness (QED) is 0.495. The van der Waals surface area contributed by atoms with Crippen LogP contribution in [0.5, 0.6) is 5.75 Å². The third-order valence-corrected chi connectivity index (χ3v) is 5.22. The van der Waals surface area contributed by atoms with Gasteiger partial charge in [0.1, 0.15) is 11.5 Å². The molecule has 0 unspecified atom stereocenters. The van der Waals surface area contributed by atoms with Crippen LogP contribution in [0.4, 0.5) is 0 Å². The minimum atomic E-state index is 0.546. The molecular weight excluding hydrogens is 382 g/mol. The van der Waals surface area contributed by atoms with Gasteiger partial charge in [-0.05, 0) is 37.6 Å². The van der Waals surface area contributed by atoms with E-state index < -0.39 is 0 Å². The van der Waals surface area contributed by atoms with Crippen molar-refractivity contribution in [2.24, 2.45) is 0 Å². The Labute approximate surface area is 176 Å². The van der Waals surface area contributed by atoms with Crippen LogP contribution in [-0.4, -0.2) is 57.9 Å². The van der Waals surface area contributed by atoms with Crippen LogP contribution in [-0.2, 0) is 13.1 Å². The van der Waals surface area contributed by atoms with Crippen molar-refractivity contribution in [2.75, 3.05) is 32.8 Å². The molecule has 1 saturated heterocycles. The Balaban J connectivity index is 1.25. The van der Waals surface area contributed by atoms with Crippen molar-refractivity contribution in [2.45, 2.75) is 39.8 Å². The third kappa shape index (κ3) is 5.46. The normalized spacial score (nSPS) is 15.5. The van der Waals surface area contributed by atoms with E-state index in [1.807, 2.05) is 37.3 Å². The Morgan fingerprint density at radius 2 is 1.73 bits per heavy atom. The fourth-order valence-corrected chi connectivity index (χ4v) is 3.48. The number of benzene rings is 1. The number of aryl methyl sites for hydroxylation is 1. The van der Waals surface area contributed by atoms with Crippen LogP contribution in [0, 0.1) is 6.92 Å². The average molecular weight is 412 g/mol. The van der Waals surface area contributed by atoms with Gasteiger partial charge in [0.15, 0.2) is 0 Å². The van der Waals surface area contributed by atoms with Crippen molar-refractivity contribution in [1.29, 1.82) is 0 Å². The van der Waals surface area contributed by atoms with Gasteiger partial charge in [0.25, 0.3) is 0 Å². The van der Waals surface area contributed by atoms with Gasteiger partial charge < -0.3 is 13.7 Å². The molecule has 0 N–H and O–H groups in total. The van der Waals surface area contributed by atoms with Gasteiger partial charge in [-0.25, -0.2) is 0 Å². The van der Waals surface area contributed by atoms with Crippen LogP contribution in [0.15, 0.2) is 39.3 Å². The first-order valence-electron chi connectivity index (χ1n) is 10.6. The van der Waals surface area contributed by atoms with Gasteiger partial charge in [0.2, 0.25) is 11.8 Å². The van der Waals surface area contributed by atoms with Crippen LogP contribution in [0.2, 0.25) is 0 Å². The van der Waals surface area contributed by atoms with Crippen LogP contribution >= 0.6 is 0 Å². The highest BCUT2D eigenvalue weighted by atomic mass is 16.5. The highest BCUT2D eigenvalue weighted by Crippen LogP contribution is 2.22. The standard InChI is InChI=1S/C22H29N5O3/c1-3-4-13-28-20-7-5-18(6-8-20)22-24-23-21(29-22)16-27-11-9-26(10-12-27)15-19-14-17(2)30-25-19/h5-8,14H,3-4,9-13,15-16H2,1-2H3. The Morgan fingerprint density at radius 3 is 2.40 bits per heavy atom. The number of hydrogen-bond acceptors (Lipinski definition) is 8. The van der Waals surface area contributed by atoms with Crippen molar-refractivity contribution in [3.05, 3.63) is 47.7 Å². The zero-order chi connectivity index (χ0) is 20.8. The van der Waals surface area contributed by atoms with Crippen LogP contribution in [0.1, 0.15) is 37.1 Å². The summed E-state index contributed by atoms with van der Waals surface area (Å²) in [6.07, 6.45) is 2.18. The lowest BCUT2D eigenvalue weighted by molar-refractivity contribution is 0.113. The fraction of sp³-hybridized carbons (Fsp3) is 0.500. The summed E-state index contributed by atoms with van der Waals surface area (Å²) in [5.41, 5.74) is 1.90. The minimum Gasteiger partial charge on any atom is -0.494 e. The first-order valence-corrected chi connectivity index (χ1v) is 10.6. The van der Waals surface area contributed by atoms with E-state index in [1.54, 1.807) is 0 Å². The molecule has 8 nitrogen and oxygen atoms in total. The lowest BCUT2D eigenvalue weighted by Crippen LogP contribution is -2.45. The van der Waals surface area contributed by atoms with Crippen molar-refractivity contribution >= 4 is 0 Å². The van der Waals surface area contributed by atoms with Gasteiger partial charge in [0.05, 0.1) is 18.8 Å². The van der Waals surface area contributed by atoms with Crippen molar-refractivity contribution in [1.82, 2.24) is 25.2 Å². The van der Waals surface area contributed by atoms with Crippen LogP contribution in [0.3, 0.4) is 0 Å². The number of hydrogen-bond donors (Lipinski definition) is 0. The maximum Gasteiger partial charge on any atom is 0.247 e. The topological polar surface area (TPSA) is 80.7 Å². The Hall–Kier alpha value is -2.71. The molecule has 0 spiro atoms. The average Bonchev–Trinajstić information content (AvgIpc) is 3.39. The third-order valence-electron chi connectivity index (χ3n) is 5.22. The summed E-state index contributed by atoms with van der Waals surface area (Å²) in [6, 6.07) is 9.82. The molecule has 1 aliphatic heterocycles. The Bertz CT molecular complexity index is 913. The molecule has 1 aliphatic rings. The predicted molar refractivity (Wildman–Crippen MR) is 112 cm³/mol. The van der Waals surface area contributed by atoms with Gasteiger partial charge in [-0.15, -0.1) is 10.2 Å². The maximum atomic E-state index is 5.90. The SMILES string of the molecule is CCCCOc1ccc(-c2nnc(CN3CCN(Cc4cc(C)on4)CC3)o2)cc1. The van der Waals surface area contributed by atoms with E-state index in [4.69, 9.17) is 13.7 Å². The number of ether oxygens (including phenoxy) is 1. The van der Waals surface area contributed by atoms with Gasteiger partial charge in [-0.1, -0.05) is 18.5 Å².